The van der Waals surface area contributed by atoms with Gasteiger partial charge in [0, 0.05) is 6.54 Å². The molecule has 1 aliphatic rings. The lowest BCUT2D eigenvalue weighted by Gasteiger charge is -2.37. The van der Waals surface area contributed by atoms with Crippen molar-refractivity contribution in [2.24, 2.45) is 16.6 Å². The second kappa shape index (κ2) is 10.4. The first-order valence-electron chi connectivity index (χ1n) is 11.5. The Morgan fingerprint density at radius 3 is 2.19 bits per heavy atom. The first-order chi connectivity index (χ1) is 16.6. The first-order valence-corrected chi connectivity index (χ1v) is 11.5. The van der Waals surface area contributed by atoms with Gasteiger partial charge in [-0.3, -0.25) is 15.4 Å². The van der Waals surface area contributed by atoms with Crippen LogP contribution in [-0.4, -0.2) is 58.0 Å². The van der Waals surface area contributed by atoms with Crippen LogP contribution in [0.3, 0.4) is 0 Å². The molecule has 1 heterocycles. The van der Waals surface area contributed by atoms with E-state index < -0.39 is 60.1 Å². The van der Waals surface area contributed by atoms with Crippen LogP contribution in [0.25, 0.3) is 0 Å². The number of hydrogen-bond acceptors (Lipinski definition) is 9. The molecule has 37 heavy (non-hydrogen) atoms. The van der Waals surface area contributed by atoms with Crippen LogP contribution >= 0.6 is 0 Å². The maximum absolute atomic E-state index is 15.4. The molecule has 0 radical (unpaired) electrons. The highest BCUT2D eigenvalue weighted by atomic mass is 19.3. The van der Waals surface area contributed by atoms with Crippen LogP contribution in [0.4, 0.5) is 23.2 Å². The number of fused-ring (bicyclic) bond motifs is 1. The number of hydrazine groups is 1. The Hall–Kier alpha value is -2.93. The molecule has 208 valence electrons. The lowest BCUT2D eigenvalue weighted by molar-refractivity contribution is -0.252. The number of rotatable bonds is 8. The monoisotopic (exact) mass is 534 g/mol. The Kier molecular flexibility index (Phi) is 8.55. The van der Waals surface area contributed by atoms with Gasteiger partial charge in [0.05, 0.1) is 0 Å². The average molecular weight is 535 g/mol. The minimum Gasteiger partial charge on any atom is -0.481 e. The number of nitrogens with two attached hydrogens (primary N) is 2. The molecule has 1 aliphatic heterocycles. The van der Waals surface area contributed by atoms with Gasteiger partial charge in [-0.05, 0) is 66.2 Å². The van der Waals surface area contributed by atoms with Crippen LogP contribution in [0.2, 0.25) is 0 Å². The SMILES string of the molecule is C[C@H]1Oc2ccc(CN(N)C(C(=O)OC(C)(C)C)C(F)(F)C(F)(F)CC(=O)OC(C)(C)C)cc2N=C1N. The van der Waals surface area contributed by atoms with Gasteiger partial charge in [0.15, 0.2) is 12.1 Å². The summed E-state index contributed by atoms with van der Waals surface area (Å²) < 4.78 is 75.8. The third kappa shape index (κ3) is 7.78. The number of nitrogens with zero attached hydrogens (tertiary/aromatic N) is 2. The molecular formula is C24H34F4N4O5. The quantitative estimate of drug-likeness (QED) is 0.223. The van der Waals surface area contributed by atoms with Crippen LogP contribution < -0.4 is 16.3 Å². The van der Waals surface area contributed by atoms with Crippen molar-refractivity contribution in [3.8, 4) is 5.75 Å². The highest BCUT2D eigenvalue weighted by molar-refractivity contribution is 5.89. The molecule has 0 aliphatic carbocycles. The summed E-state index contributed by atoms with van der Waals surface area (Å²) in [5.41, 5.74) is 3.82. The molecular weight excluding hydrogens is 500 g/mol. The highest BCUT2D eigenvalue weighted by Gasteiger charge is 2.66. The van der Waals surface area contributed by atoms with Gasteiger partial charge in [-0.1, -0.05) is 6.07 Å². The van der Waals surface area contributed by atoms with E-state index >= 15 is 8.78 Å². The molecule has 9 nitrogen and oxygen atoms in total. The Labute approximate surface area is 213 Å². The van der Waals surface area contributed by atoms with Gasteiger partial charge in [-0.25, -0.2) is 10.0 Å². The number of benzene rings is 1. The van der Waals surface area contributed by atoms with E-state index in [0.717, 1.165) is 0 Å². The third-order valence-corrected chi connectivity index (χ3v) is 4.94. The fraction of sp³-hybridized carbons (Fsp3) is 0.625. The minimum absolute atomic E-state index is 0.175. The van der Waals surface area contributed by atoms with Crippen LogP contribution in [0.15, 0.2) is 23.2 Å². The number of ether oxygens (including phenoxy) is 3. The summed E-state index contributed by atoms with van der Waals surface area (Å²) >= 11 is 0. The van der Waals surface area contributed by atoms with Gasteiger partial charge < -0.3 is 19.9 Å². The number of hydrogen-bond donors (Lipinski definition) is 2. The van der Waals surface area contributed by atoms with E-state index in [-0.39, 0.29) is 22.1 Å². The third-order valence-electron chi connectivity index (χ3n) is 4.94. The first kappa shape index (κ1) is 30.3. The molecule has 4 N–H and O–H groups in total. The van der Waals surface area contributed by atoms with Crippen molar-refractivity contribution < 1.29 is 41.4 Å². The molecule has 0 bridgehead atoms. The predicted molar refractivity (Wildman–Crippen MR) is 128 cm³/mol. The molecule has 2 rings (SSSR count). The van der Waals surface area contributed by atoms with E-state index in [4.69, 9.17) is 25.8 Å². The number of aliphatic imine (C=N–C) groups is 1. The van der Waals surface area contributed by atoms with Gasteiger partial charge in [0.2, 0.25) is 0 Å². The van der Waals surface area contributed by atoms with Gasteiger partial charge in [-0.15, -0.1) is 0 Å². The Balaban J connectivity index is 2.40. The number of halogens is 4. The van der Waals surface area contributed by atoms with Gasteiger partial charge in [-0.2, -0.15) is 17.6 Å². The smallest absolute Gasteiger partial charge is 0.337 e. The summed E-state index contributed by atoms with van der Waals surface area (Å²) in [4.78, 5) is 28.9. The summed E-state index contributed by atoms with van der Waals surface area (Å²) in [5, 5.41) is 0.248. The summed E-state index contributed by atoms with van der Waals surface area (Å²) in [6.45, 7) is 9.44. The van der Waals surface area contributed by atoms with Crippen molar-refractivity contribution in [1.29, 1.82) is 0 Å². The summed E-state index contributed by atoms with van der Waals surface area (Å²) in [7, 11) is 0. The van der Waals surface area contributed by atoms with E-state index in [2.05, 4.69) is 4.99 Å². The molecule has 13 heteroatoms. The van der Waals surface area contributed by atoms with Crippen LogP contribution in [0.5, 0.6) is 5.75 Å². The maximum Gasteiger partial charge on any atom is 0.337 e. The average Bonchev–Trinajstić information content (AvgIpc) is 2.65. The van der Waals surface area contributed by atoms with E-state index in [0.29, 0.717) is 5.75 Å². The second-order valence-corrected chi connectivity index (χ2v) is 10.8. The molecule has 0 saturated heterocycles. The summed E-state index contributed by atoms with van der Waals surface area (Å²) in [5.74, 6) is -7.03. The number of alkyl halides is 4. The van der Waals surface area contributed by atoms with Crippen LogP contribution in [0, 0.1) is 0 Å². The van der Waals surface area contributed by atoms with Crippen molar-refractivity contribution in [3.63, 3.8) is 0 Å². The minimum atomic E-state index is -5.13. The number of carbonyl (C=O) groups excluding carboxylic acids is 2. The molecule has 0 spiro atoms. The molecule has 1 aromatic rings. The Bertz CT molecular complexity index is 1050. The van der Waals surface area contributed by atoms with E-state index in [1.54, 1.807) is 6.92 Å². The fourth-order valence-corrected chi connectivity index (χ4v) is 3.36. The summed E-state index contributed by atoms with van der Waals surface area (Å²) in [6, 6.07) is 1.40. The van der Waals surface area contributed by atoms with Crippen LogP contribution in [0.1, 0.15) is 60.5 Å². The standard InChI is InChI=1S/C24H34F4N4O5/c1-13-19(29)31-15-10-14(8-9-16(15)35-13)12-32(30)18(20(34)37-22(5,6)7)24(27,28)23(25,26)11-17(33)36-21(2,3)4/h8-10,13,18H,11-12,30H2,1-7H3,(H2,29,31)/t13-,18?/m1/s1. The zero-order valence-electron chi connectivity index (χ0n) is 21.9. The zero-order valence-corrected chi connectivity index (χ0v) is 21.9. The molecule has 2 atom stereocenters. The summed E-state index contributed by atoms with van der Waals surface area (Å²) in [6.07, 6.45) is -2.46. The van der Waals surface area contributed by atoms with Crippen molar-refractivity contribution in [1.82, 2.24) is 5.01 Å². The van der Waals surface area contributed by atoms with Crippen molar-refractivity contribution in [2.45, 2.75) is 96.6 Å². The number of esters is 2. The normalized spacial score (nSPS) is 17.4. The van der Waals surface area contributed by atoms with Crippen molar-refractivity contribution in [2.75, 3.05) is 0 Å². The Morgan fingerprint density at radius 2 is 1.65 bits per heavy atom. The van der Waals surface area contributed by atoms with E-state index in [9.17, 15) is 18.4 Å². The van der Waals surface area contributed by atoms with Crippen molar-refractivity contribution in [3.05, 3.63) is 23.8 Å². The lowest BCUT2D eigenvalue weighted by Crippen LogP contribution is -2.63. The number of carbonyl (C=O) groups is 2. The topological polar surface area (TPSA) is 129 Å². The maximum atomic E-state index is 15.4. The zero-order chi connectivity index (χ0) is 28.6. The lowest BCUT2D eigenvalue weighted by atomic mass is 9.98. The molecule has 1 unspecified atom stereocenters. The number of amidine groups is 1. The van der Waals surface area contributed by atoms with Crippen LogP contribution in [-0.2, 0) is 25.6 Å². The second-order valence-electron chi connectivity index (χ2n) is 10.8. The van der Waals surface area contributed by atoms with E-state index in [1.807, 2.05) is 0 Å². The van der Waals surface area contributed by atoms with Gasteiger partial charge in [0.25, 0.3) is 0 Å². The van der Waals surface area contributed by atoms with Crippen molar-refractivity contribution >= 4 is 23.5 Å². The van der Waals surface area contributed by atoms with Gasteiger partial charge in [0.1, 0.15) is 34.9 Å². The highest BCUT2D eigenvalue weighted by Crippen LogP contribution is 2.43. The molecule has 0 aromatic heterocycles. The molecule has 1 aromatic carbocycles. The fourth-order valence-electron chi connectivity index (χ4n) is 3.36. The molecule has 0 saturated carbocycles. The van der Waals surface area contributed by atoms with Gasteiger partial charge >= 0.3 is 23.8 Å². The molecule has 0 fully saturated rings. The van der Waals surface area contributed by atoms with E-state index in [1.165, 1.54) is 59.7 Å². The molecule has 0 amide bonds. The predicted octanol–water partition coefficient (Wildman–Crippen LogP) is 3.84. The largest absolute Gasteiger partial charge is 0.481 e. The Morgan fingerprint density at radius 1 is 1.08 bits per heavy atom.